The Morgan fingerprint density at radius 1 is 1.17 bits per heavy atom. The molecule has 9 heteroatoms. The highest BCUT2D eigenvalue weighted by Crippen LogP contribution is 2.27. The summed E-state index contributed by atoms with van der Waals surface area (Å²) in [6.07, 6.45) is 8.63. The lowest BCUT2D eigenvalue weighted by atomic mass is 10.2. The largest absolute Gasteiger partial charge is 0.493 e. The van der Waals surface area contributed by atoms with Crippen molar-refractivity contribution in [2.75, 3.05) is 30.4 Å². The Morgan fingerprint density at radius 3 is 2.77 bits per heavy atom. The fourth-order valence-electron chi connectivity index (χ4n) is 3.88. The van der Waals surface area contributed by atoms with Gasteiger partial charge in [-0.05, 0) is 38.3 Å². The van der Waals surface area contributed by atoms with Gasteiger partial charge in [0.2, 0.25) is 0 Å². The van der Waals surface area contributed by atoms with Crippen molar-refractivity contribution >= 4 is 22.9 Å². The molecule has 3 aromatic rings. The summed E-state index contributed by atoms with van der Waals surface area (Å²) in [6, 6.07) is 4.98. The lowest BCUT2D eigenvalue weighted by Crippen LogP contribution is -2.34. The summed E-state index contributed by atoms with van der Waals surface area (Å²) in [5, 5.41) is 10.9. The SMILES string of the molecule is COc1cn2nc(C)cc2cc1NC(=O)c1cnc(N2CC[C@@H](NC3CC3)C2)cn1. The zero-order chi connectivity index (χ0) is 20.7. The number of hydrogen-bond donors (Lipinski definition) is 2. The van der Waals surface area contributed by atoms with Gasteiger partial charge in [0.15, 0.2) is 5.75 Å². The lowest BCUT2D eigenvalue weighted by Gasteiger charge is -2.17. The van der Waals surface area contributed by atoms with Gasteiger partial charge in [-0.1, -0.05) is 0 Å². The number of aromatic nitrogens is 4. The molecular formula is C21H25N7O2. The van der Waals surface area contributed by atoms with Crippen LogP contribution in [0.25, 0.3) is 5.52 Å². The number of pyridine rings is 1. The van der Waals surface area contributed by atoms with Crippen LogP contribution in [0.5, 0.6) is 5.75 Å². The van der Waals surface area contributed by atoms with Crippen LogP contribution in [-0.4, -0.2) is 57.8 Å². The first-order chi connectivity index (χ1) is 14.6. The summed E-state index contributed by atoms with van der Waals surface area (Å²) in [5.74, 6) is 0.998. The fraction of sp³-hybridized carbons (Fsp3) is 0.429. The lowest BCUT2D eigenvalue weighted by molar-refractivity contribution is 0.102. The molecular weight excluding hydrogens is 382 g/mol. The molecule has 1 amide bonds. The number of ether oxygens (including phenoxy) is 1. The average Bonchev–Trinajstić information content (AvgIpc) is 3.30. The molecule has 1 aliphatic heterocycles. The zero-order valence-corrected chi connectivity index (χ0v) is 17.1. The number of aryl methyl sites for hydroxylation is 1. The third-order valence-corrected chi connectivity index (χ3v) is 5.58. The van der Waals surface area contributed by atoms with Crippen LogP contribution in [0.4, 0.5) is 11.5 Å². The van der Waals surface area contributed by atoms with Gasteiger partial charge in [0.1, 0.15) is 11.5 Å². The van der Waals surface area contributed by atoms with Crippen LogP contribution in [0.15, 0.2) is 30.7 Å². The van der Waals surface area contributed by atoms with E-state index in [4.69, 9.17) is 4.74 Å². The van der Waals surface area contributed by atoms with Crippen molar-refractivity contribution in [2.45, 2.75) is 38.3 Å². The molecule has 0 radical (unpaired) electrons. The molecule has 1 aliphatic carbocycles. The van der Waals surface area contributed by atoms with Crippen molar-refractivity contribution in [1.29, 1.82) is 0 Å². The number of carbonyl (C=O) groups is 1. The Balaban J connectivity index is 1.28. The number of amides is 1. The van der Waals surface area contributed by atoms with E-state index in [1.54, 1.807) is 24.0 Å². The van der Waals surface area contributed by atoms with Crippen LogP contribution in [0.1, 0.15) is 35.4 Å². The standard InChI is InChI=1S/C21H25N7O2/c1-13-7-16-8-17(19(30-2)12-28(16)26-13)25-21(29)18-9-23-20(10-22-18)27-6-5-15(11-27)24-14-3-4-14/h7-10,12,14-15,24H,3-6,11H2,1-2H3,(H,25,29)/t15-/m1/s1. The van der Waals surface area contributed by atoms with Crippen LogP contribution in [-0.2, 0) is 0 Å². The number of carbonyl (C=O) groups excluding carboxylic acids is 1. The predicted octanol–water partition coefficient (Wildman–Crippen LogP) is 2.02. The van der Waals surface area contributed by atoms with E-state index in [-0.39, 0.29) is 11.6 Å². The van der Waals surface area contributed by atoms with Crippen molar-refractivity contribution in [1.82, 2.24) is 24.9 Å². The summed E-state index contributed by atoms with van der Waals surface area (Å²) in [6.45, 7) is 3.80. The molecule has 9 nitrogen and oxygen atoms in total. The van der Waals surface area contributed by atoms with Crippen LogP contribution in [0.2, 0.25) is 0 Å². The van der Waals surface area contributed by atoms with Crippen LogP contribution < -0.4 is 20.3 Å². The van der Waals surface area contributed by atoms with Gasteiger partial charge in [-0.25, -0.2) is 14.5 Å². The van der Waals surface area contributed by atoms with E-state index in [9.17, 15) is 4.79 Å². The third-order valence-electron chi connectivity index (χ3n) is 5.58. The van der Waals surface area contributed by atoms with Crippen LogP contribution in [0, 0.1) is 6.92 Å². The van der Waals surface area contributed by atoms with Gasteiger partial charge in [-0.2, -0.15) is 5.10 Å². The number of rotatable bonds is 6. The summed E-state index contributed by atoms with van der Waals surface area (Å²) < 4.78 is 7.13. The highest BCUT2D eigenvalue weighted by atomic mass is 16.5. The van der Waals surface area contributed by atoms with Gasteiger partial charge in [0.05, 0.1) is 42.6 Å². The maximum Gasteiger partial charge on any atom is 0.275 e. The van der Waals surface area contributed by atoms with Crippen molar-refractivity contribution in [3.05, 3.63) is 42.1 Å². The minimum absolute atomic E-state index is 0.261. The maximum absolute atomic E-state index is 12.7. The van der Waals surface area contributed by atoms with E-state index in [1.165, 1.54) is 19.0 Å². The topological polar surface area (TPSA) is 96.7 Å². The van der Waals surface area contributed by atoms with E-state index in [0.29, 0.717) is 23.5 Å². The van der Waals surface area contributed by atoms with Gasteiger partial charge < -0.3 is 20.3 Å². The van der Waals surface area contributed by atoms with Crippen LogP contribution in [0.3, 0.4) is 0 Å². The first-order valence-electron chi connectivity index (χ1n) is 10.3. The number of methoxy groups -OCH3 is 1. The minimum Gasteiger partial charge on any atom is -0.493 e. The molecule has 30 heavy (non-hydrogen) atoms. The summed E-state index contributed by atoms with van der Waals surface area (Å²) >= 11 is 0. The molecule has 2 fully saturated rings. The van der Waals surface area contributed by atoms with E-state index >= 15 is 0 Å². The van der Waals surface area contributed by atoms with Gasteiger partial charge >= 0.3 is 0 Å². The van der Waals surface area contributed by atoms with Crippen molar-refractivity contribution < 1.29 is 9.53 Å². The molecule has 5 rings (SSSR count). The van der Waals surface area contributed by atoms with Gasteiger partial charge in [-0.3, -0.25) is 4.79 Å². The second-order valence-electron chi connectivity index (χ2n) is 8.00. The predicted molar refractivity (Wildman–Crippen MR) is 113 cm³/mol. The summed E-state index contributed by atoms with van der Waals surface area (Å²) in [4.78, 5) is 23.8. The van der Waals surface area contributed by atoms with E-state index < -0.39 is 0 Å². The van der Waals surface area contributed by atoms with E-state index in [2.05, 4.69) is 30.6 Å². The number of fused-ring (bicyclic) bond motifs is 1. The number of nitrogens with one attached hydrogen (secondary N) is 2. The Kier molecular flexibility index (Phi) is 4.74. The minimum atomic E-state index is -0.331. The summed E-state index contributed by atoms with van der Waals surface area (Å²) in [7, 11) is 1.56. The normalized spacial score (nSPS) is 18.7. The molecule has 3 aromatic heterocycles. The maximum atomic E-state index is 12.7. The molecule has 0 aromatic carbocycles. The Bertz CT molecular complexity index is 1070. The molecule has 1 atom stereocenters. The quantitative estimate of drug-likeness (QED) is 0.645. The molecule has 2 N–H and O–H groups in total. The van der Waals surface area contributed by atoms with E-state index in [1.807, 2.05) is 19.1 Å². The Labute approximate surface area is 174 Å². The third kappa shape index (κ3) is 3.80. The number of nitrogens with zero attached hydrogens (tertiary/aromatic N) is 5. The average molecular weight is 407 g/mol. The second-order valence-corrected chi connectivity index (χ2v) is 8.00. The van der Waals surface area contributed by atoms with Crippen molar-refractivity contribution in [3.63, 3.8) is 0 Å². The van der Waals surface area contributed by atoms with Gasteiger partial charge in [0, 0.05) is 25.2 Å². The highest BCUT2D eigenvalue weighted by molar-refractivity contribution is 6.03. The van der Waals surface area contributed by atoms with Crippen LogP contribution >= 0.6 is 0 Å². The van der Waals surface area contributed by atoms with Gasteiger partial charge in [-0.15, -0.1) is 0 Å². The highest BCUT2D eigenvalue weighted by Gasteiger charge is 2.29. The first kappa shape index (κ1) is 18.8. The molecule has 0 unspecified atom stereocenters. The Morgan fingerprint density at radius 2 is 2.03 bits per heavy atom. The van der Waals surface area contributed by atoms with Crippen molar-refractivity contribution in [3.8, 4) is 5.75 Å². The van der Waals surface area contributed by atoms with Gasteiger partial charge in [0.25, 0.3) is 5.91 Å². The second kappa shape index (κ2) is 7.56. The zero-order valence-electron chi connectivity index (χ0n) is 17.1. The Hall–Kier alpha value is -3.20. The number of anilines is 2. The smallest absolute Gasteiger partial charge is 0.275 e. The fourth-order valence-corrected chi connectivity index (χ4v) is 3.88. The van der Waals surface area contributed by atoms with E-state index in [0.717, 1.165) is 36.5 Å². The molecule has 1 saturated carbocycles. The number of hydrogen-bond acceptors (Lipinski definition) is 7. The molecule has 1 saturated heterocycles. The molecule has 0 bridgehead atoms. The summed E-state index contributed by atoms with van der Waals surface area (Å²) in [5.41, 5.74) is 2.58. The molecule has 4 heterocycles. The monoisotopic (exact) mass is 407 g/mol. The first-order valence-corrected chi connectivity index (χ1v) is 10.3. The molecule has 0 spiro atoms. The van der Waals surface area contributed by atoms with Crippen molar-refractivity contribution in [2.24, 2.45) is 0 Å². The molecule has 156 valence electrons. The molecule has 2 aliphatic rings.